The number of carbonyl (C=O) groups excluding carboxylic acids is 1. The van der Waals surface area contributed by atoms with Crippen LogP contribution in [0.2, 0.25) is 0 Å². The number of carbonyl (C=O) groups is 1. The molecular weight excluding hydrogens is 268 g/mol. The maximum Gasteiger partial charge on any atom is 0.266 e. The molecule has 0 aliphatic carbocycles. The molecule has 21 heavy (non-hydrogen) atoms. The molecule has 0 spiro atoms. The van der Waals surface area contributed by atoms with E-state index in [4.69, 9.17) is 9.57 Å². The lowest BCUT2D eigenvalue weighted by Gasteiger charge is -2.28. The highest BCUT2D eigenvalue weighted by molar-refractivity contribution is 6.05. The third kappa shape index (κ3) is 2.86. The quantitative estimate of drug-likeness (QED) is 0.856. The second-order valence-electron chi connectivity index (χ2n) is 5.42. The monoisotopic (exact) mass is 288 g/mol. The largest absolute Gasteiger partial charge is 0.496 e. The molecule has 2 heterocycles. The van der Waals surface area contributed by atoms with Gasteiger partial charge in [0.05, 0.1) is 12.8 Å². The SMILES string of the molecule is COc1ccccc1C1=NO[C@H](C(=O)N2CCCCC2)C1. The number of amides is 1. The Morgan fingerprint density at radius 2 is 2.05 bits per heavy atom. The van der Waals surface area contributed by atoms with Gasteiger partial charge in [-0.15, -0.1) is 0 Å². The van der Waals surface area contributed by atoms with E-state index < -0.39 is 6.10 Å². The number of methoxy groups -OCH3 is 1. The van der Waals surface area contributed by atoms with Crippen LogP contribution in [-0.2, 0) is 9.63 Å². The number of ether oxygens (including phenoxy) is 1. The predicted octanol–water partition coefficient (Wildman–Crippen LogP) is 2.20. The van der Waals surface area contributed by atoms with Crippen molar-refractivity contribution in [1.29, 1.82) is 0 Å². The minimum absolute atomic E-state index is 0.0587. The van der Waals surface area contributed by atoms with Gasteiger partial charge in [-0.1, -0.05) is 17.3 Å². The maximum absolute atomic E-state index is 12.4. The van der Waals surface area contributed by atoms with Crippen molar-refractivity contribution in [3.63, 3.8) is 0 Å². The summed E-state index contributed by atoms with van der Waals surface area (Å²) in [6.07, 6.45) is 3.40. The van der Waals surface area contributed by atoms with Gasteiger partial charge < -0.3 is 14.5 Å². The Balaban J connectivity index is 1.68. The molecule has 1 fully saturated rings. The smallest absolute Gasteiger partial charge is 0.266 e. The molecule has 0 aromatic heterocycles. The van der Waals surface area contributed by atoms with Crippen molar-refractivity contribution in [3.05, 3.63) is 29.8 Å². The summed E-state index contributed by atoms with van der Waals surface area (Å²) in [4.78, 5) is 19.7. The number of para-hydroxylation sites is 1. The molecule has 0 bridgehead atoms. The molecule has 0 radical (unpaired) electrons. The molecule has 2 aliphatic heterocycles. The van der Waals surface area contributed by atoms with E-state index in [1.165, 1.54) is 6.42 Å². The fourth-order valence-corrected chi connectivity index (χ4v) is 2.87. The maximum atomic E-state index is 12.4. The van der Waals surface area contributed by atoms with E-state index in [1.807, 2.05) is 29.2 Å². The van der Waals surface area contributed by atoms with Gasteiger partial charge >= 0.3 is 0 Å². The normalized spacial score (nSPS) is 21.7. The Hall–Kier alpha value is -2.04. The van der Waals surface area contributed by atoms with Gasteiger partial charge in [0.2, 0.25) is 6.10 Å². The fraction of sp³-hybridized carbons (Fsp3) is 0.500. The highest BCUT2D eigenvalue weighted by Crippen LogP contribution is 2.25. The first-order chi connectivity index (χ1) is 10.3. The molecule has 1 saturated heterocycles. The molecule has 0 saturated carbocycles. The summed E-state index contributed by atoms with van der Waals surface area (Å²) in [5, 5.41) is 4.10. The Morgan fingerprint density at radius 3 is 2.81 bits per heavy atom. The third-order valence-corrected chi connectivity index (χ3v) is 4.03. The lowest BCUT2D eigenvalue weighted by molar-refractivity contribution is -0.143. The van der Waals surface area contributed by atoms with Crippen molar-refractivity contribution in [1.82, 2.24) is 4.90 Å². The van der Waals surface area contributed by atoms with Crippen LogP contribution in [0.3, 0.4) is 0 Å². The van der Waals surface area contributed by atoms with Crippen LogP contribution < -0.4 is 4.74 Å². The van der Waals surface area contributed by atoms with Crippen LogP contribution in [0.25, 0.3) is 0 Å². The van der Waals surface area contributed by atoms with Gasteiger partial charge in [0.1, 0.15) is 5.75 Å². The first-order valence-electron chi connectivity index (χ1n) is 7.44. The van der Waals surface area contributed by atoms with E-state index in [-0.39, 0.29) is 5.91 Å². The van der Waals surface area contributed by atoms with Crippen molar-refractivity contribution in [3.8, 4) is 5.75 Å². The Bertz CT molecular complexity index is 550. The van der Waals surface area contributed by atoms with Crippen LogP contribution in [0.4, 0.5) is 0 Å². The summed E-state index contributed by atoms with van der Waals surface area (Å²) in [5.41, 5.74) is 1.68. The number of benzene rings is 1. The Kier molecular flexibility index (Phi) is 4.08. The van der Waals surface area contributed by atoms with Crippen LogP contribution >= 0.6 is 0 Å². The van der Waals surface area contributed by atoms with Gasteiger partial charge in [0.15, 0.2) is 0 Å². The van der Waals surface area contributed by atoms with Gasteiger partial charge in [-0.3, -0.25) is 4.79 Å². The van der Waals surface area contributed by atoms with Crippen LogP contribution in [0.5, 0.6) is 5.75 Å². The lowest BCUT2D eigenvalue weighted by atomic mass is 10.0. The van der Waals surface area contributed by atoms with Crippen LogP contribution in [0.1, 0.15) is 31.2 Å². The topological polar surface area (TPSA) is 51.1 Å². The standard InChI is InChI=1S/C16H20N2O3/c1-20-14-8-4-3-7-12(14)13-11-15(21-17-13)16(19)18-9-5-2-6-10-18/h3-4,7-8,15H,2,5-6,9-11H2,1H3/t15-/m0/s1. The van der Waals surface area contributed by atoms with Gasteiger partial charge in [-0.25, -0.2) is 0 Å². The summed E-state index contributed by atoms with van der Waals surface area (Å²) >= 11 is 0. The molecule has 5 nitrogen and oxygen atoms in total. The van der Waals surface area contributed by atoms with E-state index in [0.29, 0.717) is 6.42 Å². The fourth-order valence-electron chi connectivity index (χ4n) is 2.87. The summed E-state index contributed by atoms with van der Waals surface area (Å²) < 4.78 is 5.34. The lowest BCUT2D eigenvalue weighted by Crippen LogP contribution is -2.42. The number of hydrogen-bond donors (Lipinski definition) is 0. The number of oxime groups is 1. The number of piperidine rings is 1. The molecule has 1 aromatic carbocycles. The first kappa shape index (κ1) is 13.9. The van der Waals surface area contributed by atoms with Gasteiger partial charge in [-0.05, 0) is 31.4 Å². The molecule has 2 aliphatic rings. The molecule has 1 aromatic rings. The van der Waals surface area contributed by atoms with Gasteiger partial charge in [0, 0.05) is 25.1 Å². The van der Waals surface area contributed by atoms with Crippen LogP contribution in [-0.4, -0.2) is 42.8 Å². The zero-order chi connectivity index (χ0) is 14.7. The van der Waals surface area contributed by atoms with E-state index in [1.54, 1.807) is 7.11 Å². The Labute approximate surface area is 124 Å². The van der Waals surface area contributed by atoms with Crippen molar-refractivity contribution in [2.75, 3.05) is 20.2 Å². The zero-order valence-corrected chi connectivity index (χ0v) is 12.2. The third-order valence-electron chi connectivity index (χ3n) is 4.03. The summed E-state index contributed by atoms with van der Waals surface area (Å²) in [6, 6.07) is 7.67. The average Bonchev–Trinajstić information content (AvgIpc) is 3.04. The van der Waals surface area contributed by atoms with Crippen molar-refractivity contribution in [2.45, 2.75) is 31.8 Å². The number of rotatable bonds is 3. The van der Waals surface area contributed by atoms with Gasteiger partial charge in [-0.2, -0.15) is 0 Å². The molecule has 0 N–H and O–H groups in total. The van der Waals surface area contributed by atoms with Crippen molar-refractivity contribution in [2.24, 2.45) is 5.16 Å². The highest BCUT2D eigenvalue weighted by atomic mass is 16.6. The summed E-state index contributed by atoms with van der Waals surface area (Å²) in [7, 11) is 1.63. The molecule has 1 amide bonds. The molecular formula is C16H20N2O3. The average molecular weight is 288 g/mol. The number of likely N-dealkylation sites (tertiary alicyclic amines) is 1. The summed E-state index contributed by atoms with van der Waals surface area (Å²) in [5.74, 6) is 0.814. The highest BCUT2D eigenvalue weighted by Gasteiger charge is 2.33. The summed E-state index contributed by atoms with van der Waals surface area (Å²) in [6.45, 7) is 1.67. The predicted molar refractivity (Wildman–Crippen MR) is 79.5 cm³/mol. The number of nitrogens with zero attached hydrogens (tertiary/aromatic N) is 2. The van der Waals surface area contributed by atoms with Crippen molar-refractivity contribution < 1.29 is 14.4 Å². The number of hydrogen-bond acceptors (Lipinski definition) is 4. The second kappa shape index (κ2) is 6.16. The molecule has 112 valence electrons. The van der Waals surface area contributed by atoms with Crippen LogP contribution in [0.15, 0.2) is 29.4 Å². The molecule has 0 unspecified atom stereocenters. The van der Waals surface area contributed by atoms with E-state index in [2.05, 4.69) is 5.16 Å². The van der Waals surface area contributed by atoms with Gasteiger partial charge in [0.25, 0.3) is 5.91 Å². The Morgan fingerprint density at radius 1 is 1.29 bits per heavy atom. The van der Waals surface area contributed by atoms with E-state index in [9.17, 15) is 4.79 Å². The molecule has 3 rings (SSSR count). The zero-order valence-electron chi connectivity index (χ0n) is 12.2. The van der Waals surface area contributed by atoms with Crippen LogP contribution in [0, 0.1) is 0 Å². The second-order valence-corrected chi connectivity index (χ2v) is 5.42. The minimum Gasteiger partial charge on any atom is -0.496 e. The minimum atomic E-state index is -0.483. The van der Waals surface area contributed by atoms with Crippen molar-refractivity contribution >= 4 is 11.6 Å². The van der Waals surface area contributed by atoms with E-state index >= 15 is 0 Å². The first-order valence-corrected chi connectivity index (χ1v) is 7.44. The molecule has 5 heteroatoms. The van der Waals surface area contributed by atoms with E-state index in [0.717, 1.165) is 43.0 Å². The molecule has 1 atom stereocenters.